The zero-order chi connectivity index (χ0) is 15.4. The number of nitro benzene ring substituents is 1. The minimum Gasteiger partial charge on any atom is -0.385 e. The number of hydrogen-bond donors (Lipinski definition) is 2. The monoisotopic (exact) mass is 296 g/mol. The Morgan fingerprint density at radius 1 is 1.35 bits per heavy atom. The maximum Gasteiger partial charge on any atom is 0.305 e. The minimum absolute atomic E-state index is 0.136. The first-order valence-corrected chi connectivity index (χ1v) is 5.12. The number of aliphatic hydroxyl groups is 1. The number of alkyl halides is 2. The SMILES string of the molecule is O=C(NCC(O)C(F)F)c1cc([N+](=O)[O-])c(F)cc1F. The third-order valence-corrected chi connectivity index (χ3v) is 2.24. The molecule has 0 aromatic heterocycles. The molecular formula is C10H8F4N2O4. The number of hydrogen-bond acceptors (Lipinski definition) is 4. The lowest BCUT2D eigenvalue weighted by Gasteiger charge is -2.11. The third kappa shape index (κ3) is 3.63. The van der Waals surface area contributed by atoms with Crippen LogP contribution in [0.4, 0.5) is 23.2 Å². The number of nitrogens with zero attached hydrogens (tertiary/aromatic N) is 1. The Morgan fingerprint density at radius 3 is 2.45 bits per heavy atom. The van der Waals surface area contributed by atoms with Crippen molar-refractivity contribution >= 4 is 11.6 Å². The number of amides is 1. The van der Waals surface area contributed by atoms with Crippen LogP contribution in [0.5, 0.6) is 0 Å². The second-order valence-corrected chi connectivity index (χ2v) is 3.65. The van der Waals surface area contributed by atoms with Crippen molar-refractivity contribution < 1.29 is 32.4 Å². The van der Waals surface area contributed by atoms with Crippen LogP contribution in [0.2, 0.25) is 0 Å². The number of nitrogens with one attached hydrogen (secondary N) is 1. The molecule has 110 valence electrons. The van der Waals surface area contributed by atoms with Crippen LogP contribution in [0.3, 0.4) is 0 Å². The largest absolute Gasteiger partial charge is 0.385 e. The molecule has 1 amide bonds. The van der Waals surface area contributed by atoms with Crippen LogP contribution in [-0.2, 0) is 0 Å². The zero-order valence-corrected chi connectivity index (χ0v) is 9.65. The van der Waals surface area contributed by atoms with Crippen LogP contribution in [0.25, 0.3) is 0 Å². The molecule has 0 heterocycles. The first kappa shape index (κ1) is 15.8. The molecular weight excluding hydrogens is 288 g/mol. The van der Waals surface area contributed by atoms with Crippen molar-refractivity contribution in [1.82, 2.24) is 5.32 Å². The zero-order valence-electron chi connectivity index (χ0n) is 9.65. The van der Waals surface area contributed by atoms with E-state index in [9.17, 15) is 32.5 Å². The molecule has 0 aliphatic carbocycles. The molecule has 2 N–H and O–H groups in total. The van der Waals surface area contributed by atoms with Crippen molar-refractivity contribution in [3.63, 3.8) is 0 Å². The third-order valence-electron chi connectivity index (χ3n) is 2.24. The van der Waals surface area contributed by atoms with Crippen molar-refractivity contribution in [2.45, 2.75) is 12.5 Å². The van der Waals surface area contributed by atoms with Crippen LogP contribution in [-0.4, -0.2) is 35.0 Å². The van der Waals surface area contributed by atoms with Crippen molar-refractivity contribution in [2.24, 2.45) is 0 Å². The Hall–Kier alpha value is -2.23. The molecule has 6 nitrogen and oxygen atoms in total. The van der Waals surface area contributed by atoms with E-state index in [0.717, 1.165) is 0 Å². The average molecular weight is 296 g/mol. The van der Waals surface area contributed by atoms with Crippen molar-refractivity contribution in [2.75, 3.05) is 6.54 Å². The first-order valence-electron chi connectivity index (χ1n) is 5.12. The molecule has 0 aliphatic heterocycles. The van der Waals surface area contributed by atoms with Crippen LogP contribution in [0.1, 0.15) is 10.4 Å². The van der Waals surface area contributed by atoms with E-state index in [4.69, 9.17) is 5.11 Å². The normalized spacial score (nSPS) is 12.3. The topological polar surface area (TPSA) is 92.5 Å². The summed E-state index contributed by atoms with van der Waals surface area (Å²) >= 11 is 0. The highest BCUT2D eigenvalue weighted by molar-refractivity contribution is 5.95. The van der Waals surface area contributed by atoms with Gasteiger partial charge in [-0.05, 0) is 0 Å². The number of carbonyl (C=O) groups excluding carboxylic acids is 1. The number of rotatable bonds is 5. The summed E-state index contributed by atoms with van der Waals surface area (Å²) in [5.41, 5.74) is -2.02. The molecule has 1 aromatic rings. The Kier molecular flexibility index (Phi) is 4.97. The van der Waals surface area contributed by atoms with Crippen molar-refractivity contribution in [1.29, 1.82) is 0 Å². The van der Waals surface area contributed by atoms with E-state index >= 15 is 0 Å². The van der Waals surface area contributed by atoms with Crippen molar-refractivity contribution in [3.8, 4) is 0 Å². The average Bonchev–Trinajstić information content (AvgIpc) is 2.34. The summed E-state index contributed by atoms with van der Waals surface area (Å²) in [6.07, 6.45) is -5.29. The number of benzene rings is 1. The van der Waals surface area contributed by atoms with E-state index in [2.05, 4.69) is 0 Å². The molecule has 0 saturated carbocycles. The second kappa shape index (κ2) is 6.28. The summed E-state index contributed by atoms with van der Waals surface area (Å²) in [7, 11) is 0. The van der Waals surface area contributed by atoms with E-state index in [1.54, 1.807) is 5.32 Å². The van der Waals surface area contributed by atoms with Gasteiger partial charge in [-0.25, -0.2) is 13.2 Å². The maximum atomic E-state index is 13.3. The summed E-state index contributed by atoms with van der Waals surface area (Å²) in [5.74, 6) is -4.15. The molecule has 1 aromatic carbocycles. The van der Waals surface area contributed by atoms with Gasteiger partial charge in [0.25, 0.3) is 12.3 Å². The maximum absolute atomic E-state index is 13.3. The predicted molar refractivity (Wildman–Crippen MR) is 57.4 cm³/mol. The summed E-state index contributed by atoms with van der Waals surface area (Å²) in [4.78, 5) is 20.7. The Labute approximate surface area is 109 Å². The molecule has 1 unspecified atom stereocenters. The Balaban J connectivity index is 2.93. The molecule has 1 rings (SSSR count). The molecule has 0 fully saturated rings. The van der Waals surface area contributed by atoms with E-state index in [0.29, 0.717) is 6.07 Å². The van der Waals surface area contributed by atoms with Gasteiger partial charge in [-0.3, -0.25) is 14.9 Å². The van der Waals surface area contributed by atoms with Crippen LogP contribution < -0.4 is 5.32 Å². The number of aliphatic hydroxyl groups excluding tert-OH is 1. The lowest BCUT2D eigenvalue weighted by atomic mass is 10.1. The molecule has 0 saturated heterocycles. The minimum atomic E-state index is -3.12. The van der Waals surface area contributed by atoms with E-state index < -0.39 is 52.8 Å². The summed E-state index contributed by atoms with van der Waals surface area (Å²) in [5, 5.41) is 20.9. The highest BCUT2D eigenvalue weighted by atomic mass is 19.3. The first-order chi connectivity index (χ1) is 9.23. The van der Waals surface area contributed by atoms with Gasteiger partial charge in [-0.1, -0.05) is 0 Å². The molecule has 0 bridgehead atoms. The van der Waals surface area contributed by atoms with Gasteiger partial charge in [0.15, 0.2) is 0 Å². The molecule has 0 radical (unpaired) electrons. The number of nitro groups is 1. The van der Waals surface area contributed by atoms with Crippen molar-refractivity contribution in [3.05, 3.63) is 39.4 Å². The van der Waals surface area contributed by atoms with Gasteiger partial charge in [0.05, 0.1) is 10.5 Å². The lowest BCUT2D eigenvalue weighted by molar-refractivity contribution is -0.387. The van der Waals surface area contributed by atoms with Gasteiger partial charge < -0.3 is 10.4 Å². The van der Waals surface area contributed by atoms with Crippen LogP contribution in [0.15, 0.2) is 12.1 Å². The van der Waals surface area contributed by atoms with Gasteiger partial charge in [0, 0.05) is 18.7 Å². The van der Waals surface area contributed by atoms with Crippen LogP contribution >= 0.6 is 0 Å². The van der Waals surface area contributed by atoms with E-state index in [-0.39, 0.29) is 6.07 Å². The number of carbonyl (C=O) groups is 1. The van der Waals surface area contributed by atoms with Gasteiger partial charge in [-0.15, -0.1) is 0 Å². The molecule has 0 aliphatic rings. The Bertz CT molecular complexity index is 538. The van der Waals surface area contributed by atoms with Gasteiger partial charge in [0.2, 0.25) is 5.82 Å². The quantitative estimate of drug-likeness (QED) is 0.485. The van der Waals surface area contributed by atoms with Crippen LogP contribution in [0, 0.1) is 21.7 Å². The molecule has 1 atom stereocenters. The lowest BCUT2D eigenvalue weighted by Crippen LogP contribution is -2.36. The standard InChI is InChI=1S/C10H8F4N2O4/c11-5-2-6(12)7(16(19)20)1-4(5)10(18)15-3-8(17)9(13)14/h1-2,8-9,17H,3H2,(H,15,18). The number of halogens is 4. The van der Waals surface area contributed by atoms with E-state index in [1.807, 2.05) is 0 Å². The summed E-state index contributed by atoms with van der Waals surface area (Å²) < 4.78 is 50.2. The highest BCUT2D eigenvalue weighted by Gasteiger charge is 2.23. The predicted octanol–water partition coefficient (Wildman–Crippen LogP) is 1.23. The fraction of sp³-hybridized carbons (Fsp3) is 0.300. The molecule has 20 heavy (non-hydrogen) atoms. The van der Waals surface area contributed by atoms with E-state index in [1.165, 1.54) is 0 Å². The highest BCUT2D eigenvalue weighted by Crippen LogP contribution is 2.21. The fourth-order valence-electron chi connectivity index (χ4n) is 1.23. The smallest absolute Gasteiger partial charge is 0.305 e. The fourth-order valence-corrected chi connectivity index (χ4v) is 1.23. The second-order valence-electron chi connectivity index (χ2n) is 3.65. The van der Waals surface area contributed by atoms with Gasteiger partial charge in [-0.2, -0.15) is 4.39 Å². The summed E-state index contributed by atoms with van der Waals surface area (Å²) in [6, 6.07) is 0.478. The molecule has 10 heteroatoms. The summed E-state index contributed by atoms with van der Waals surface area (Å²) in [6.45, 7) is -0.888. The Morgan fingerprint density at radius 2 is 1.95 bits per heavy atom. The molecule has 0 spiro atoms. The van der Waals surface area contributed by atoms with Gasteiger partial charge in [0.1, 0.15) is 11.9 Å². The van der Waals surface area contributed by atoms with Gasteiger partial charge >= 0.3 is 5.69 Å².